The molecule has 1 N–H and O–H groups in total. The van der Waals surface area contributed by atoms with Gasteiger partial charge in [0.2, 0.25) is 0 Å². The van der Waals surface area contributed by atoms with Gasteiger partial charge in [-0.15, -0.1) is 0 Å². The second-order valence-electron chi connectivity index (χ2n) is 8.45. The third-order valence-corrected chi connectivity index (χ3v) is 6.43. The van der Waals surface area contributed by atoms with Gasteiger partial charge in [0.25, 0.3) is 5.91 Å². The topological polar surface area (TPSA) is 59.4 Å². The lowest BCUT2D eigenvalue weighted by molar-refractivity contribution is -0.0361. The van der Waals surface area contributed by atoms with Gasteiger partial charge >= 0.3 is 0 Å². The molecule has 2 heterocycles. The van der Waals surface area contributed by atoms with Crippen molar-refractivity contribution in [3.8, 4) is 5.69 Å². The number of carbonyl (C=O) groups excluding carboxylic acids is 1. The van der Waals surface area contributed by atoms with Crippen molar-refractivity contribution in [3.05, 3.63) is 47.3 Å². The standard InChI is InChI=1S/C23H32N4O2/c1-18-16-19(2)27(25-18)21-8-6-20(7-9-21)22(28)24-17-23(10-4-3-5-11-23)26-12-14-29-15-13-26/h6-9,16H,3-5,10-15,17H2,1-2H3,(H,24,28). The highest BCUT2D eigenvalue weighted by Crippen LogP contribution is 2.34. The second kappa shape index (κ2) is 8.67. The molecule has 6 nitrogen and oxygen atoms in total. The van der Waals surface area contributed by atoms with Crippen LogP contribution in [0.2, 0.25) is 0 Å². The van der Waals surface area contributed by atoms with E-state index in [0.29, 0.717) is 12.1 Å². The molecule has 1 saturated heterocycles. The van der Waals surface area contributed by atoms with E-state index in [-0.39, 0.29) is 11.4 Å². The average Bonchev–Trinajstić information content (AvgIpc) is 3.11. The highest BCUT2D eigenvalue weighted by atomic mass is 16.5. The van der Waals surface area contributed by atoms with Crippen LogP contribution in [0.15, 0.2) is 30.3 Å². The molecule has 1 aromatic heterocycles. The summed E-state index contributed by atoms with van der Waals surface area (Å²) in [4.78, 5) is 15.4. The molecule has 6 heteroatoms. The summed E-state index contributed by atoms with van der Waals surface area (Å²) in [7, 11) is 0. The van der Waals surface area contributed by atoms with Crippen LogP contribution in [0.3, 0.4) is 0 Å². The number of aryl methyl sites for hydroxylation is 2. The Balaban J connectivity index is 1.43. The molecule has 1 aromatic carbocycles. The zero-order valence-electron chi connectivity index (χ0n) is 17.6. The van der Waals surface area contributed by atoms with E-state index in [1.807, 2.05) is 42.8 Å². The van der Waals surface area contributed by atoms with Crippen molar-refractivity contribution < 1.29 is 9.53 Å². The van der Waals surface area contributed by atoms with Gasteiger partial charge in [-0.1, -0.05) is 19.3 Å². The third-order valence-electron chi connectivity index (χ3n) is 6.43. The van der Waals surface area contributed by atoms with Crippen LogP contribution in [0.1, 0.15) is 53.8 Å². The van der Waals surface area contributed by atoms with Gasteiger partial charge in [0.05, 0.1) is 24.6 Å². The van der Waals surface area contributed by atoms with Gasteiger partial charge in [-0.3, -0.25) is 9.69 Å². The molecule has 0 radical (unpaired) electrons. The maximum Gasteiger partial charge on any atom is 0.251 e. The van der Waals surface area contributed by atoms with Crippen LogP contribution in [0, 0.1) is 13.8 Å². The monoisotopic (exact) mass is 396 g/mol. The Hall–Kier alpha value is -2.18. The molecule has 0 unspecified atom stereocenters. The molecule has 1 aliphatic heterocycles. The lowest BCUT2D eigenvalue weighted by atomic mass is 9.79. The van der Waals surface area contributed by atoms with Crippen molar-refractivity contribution in [2.75, 3.05) is 32.8 Å². The molecule has 2 aromatic rings. The van der Waals surface area contributed by atoms with Gasteiger partial charge in [0.1, 0.15) is 0 Å². The number of aromatic nitrogens is 2. The Bertz CT molecular complexity index is 831. The van der Waals surface area contributed by atoms with E-state index in [2.05, 4.69) is 21.4 Å². The van der Waals surface area contributed by atoms with Gasteiger partial charge in [-0.2, -0.15) is 5.10 Å². The zero-order chi connectivity index (χ0) is 20.3. The normalized spacial score (nSPS) is 19.8. The molecule has 0 atom stereocenters. The summed E-state index contributed by atoms with van der Waals surface area (Å²) < 4.78 is 7.46. The summed E-state index contributed by atoms with van der Waals surface area (Å²) >= 11 is 0. The van der Waals surface area contributed by atoms with Crippen LogP contribution >= 0.6 is 0 Å². The minimum atomic E-state index is 0.00289. The molecular weight excluding hydrogens is 364 g/mol. The van der Waals surface area contributed by atoms with Gasteiger partial charge in [-0.25, -0.2) is 4.68 Å². The zero-order valence-corrected chi connectivity index (χ0v) is 17.6. The summed E-state index contributed by atoms with van der Waals surface area (Å²) in [6.07, 6.45) is 6.09. The molecule has 0 spiro atoms. The maximum atomic E-state index is 12.9. The maximum absolute atomic E-state index is 12.9. The fourth-order valence-corrected chi connectivity index (χ4v) is 4.84. The summed E-state index contributed by atoms with van der Waals surface area (Å²) in [5, 5.41) is 7.75. The first-order valence-corrected chi connectivity index (χ1v) is 10.8. The molecule has 156 valence electrons. The van der Waals surface area contributed by atoms with Gasteiger partial charge in [0.15, 0.2) is 0 Å². The molecule has 2 fully saturated rings. The fraction of sp³-hybridized carbons (Fsp3) is 0.565. The van der Waals surface area contributed by atoms with E-state index in [1.165, 1.54) is 19.3 Å². The van der Waals surface area contributed by atoms with E-state index < -0.39 is 0 Å². The predicted octanol–water partition coefficient (Wildman–Crippen LogP) is 3.25. The van der Waals surface area contributed by atoms with Crippen LogP contribution < -0.4 is 5.32 Å². The third kappa shape index (κ3) is 4.38. The Morgan fingerprint density at radius 3 is 2.41 bits per heavy atom. The Morgan fingerprint density at radius 2 is 1.79 bits per heavy atom. The number of benzene rings is 1. The minimum absolute atomic E-state index is 0.00289. The number of morpholine rings is 1. The quantitative estimate of drug-likeness (QED) is 0.843. The summed E-state index contributed by atoms with van der Waals surface area (Å²) in [5.41, 5.74) is 3.84. The average molecular weight is 397 g/mol. The Labute approximate surface area is 173 Å². The first-order valence-electron chi connectivity index (χ1n) is 10.8. The lowest BCUT2D eigenvalue weighted by Crippen LogP contribution is -2.59. The summed E-state index contributed by atoms with van der Waals surface area (Å²) in [6, 6.07) is 9.77. The van der Waals surface area contributed by atoms with Crippen molar-refractivity contribution in [1.29, 1.82) is 0 Å². The Morgan fingerprint density at radius 1 is 1.10 bits per heavy atom. The highest BCUT2D eigenvalue weighted by molar-refractivity contribution is 5.94. The van der Waals surface area contributed by atoms with Crippen LogP contribution in [-0.2, 0) is 4.74 Å². The number of nitrogens with zero attached hydrogens (tertiary/aromatic N) is 3. The van der Waals surface area contributed by atoms with Crippen LogP contribution in [0.5, 0.6) is 0 Å². The van der Waals surface area contributed by atoms with E-state index in [9.17, 15) is 4.79 Å². The number of carbonyl (C=O) groups is 1. The molecule has 1 saturated carbocycles. The largest absolute Gasteiger partial charge is 0.379 e. The minimum Gasteiger partial charge on any atom is -0.379 e. The number of ether oxygens (including phenoxy) is 1. The van der Waals surface area contributed by atoms with E-state index in [4.69, 9.17) is 4.74 Å². The summed E-state index contributed by atoms with van der Waals surface area (Å²) in [6.45, 7) is 8.26. The summed E-state index contributed by atoms with van der Waals surface area (Å²) in [5.74, 6) is 0.00289. The van der Waals surface area contributed by atoms with Gasteiger partial charge in [0, 0.05) is 36.4 Å². The fourth-order valence-electron chi connectivity index (χ4n) is 4.84. The lowest BCUT2D eigenvalue weighted by Gasteiger charge is -2.48. The molecule has 1 amide bonds. The number of amides is 1. The number of hydrogen-bond acceptors (Lipinski definition) is 4. The van der Waals surface area contributed by atoms with Crippen molar-refractivity contribution >= 4 is 5.91 Å². The van der Waals surface area contributed by atoms with E-state index >= 15 is 0 Å². The SMILES string of the molecule is Cc1cc(C)n(-c2ccc(C(=O)NCC3(N4CCOCC4)CCCCC3)cc2)n1. The van der Waals surface area contributed by atoms with Crippen molar-refractivity contribution in [2.24, 2.45) is 0 Å². The first kappa shape index (κ1) is 20.1. The number of hydrogen-bond donors (Lipinski definition) is 1. The van der Waals surface area contributed by atoms with Crippen LogP contribution in [-0.4, -0.2) is 59.0 Å². The molecule has 29 heavy (non-hydrogen) atoms. The molecular formula is C23H32N4O2. The van der Waals surface area contributed by atoms with Crippen molar-refractivity contribution in [3.63, 3.8) is 0 Å². The van der Waals surface area contributed by atoms with Gasteiger partial charge < -0.3 is 10.1 Å². The van der Waals surface area contributed by atoms with E-state index in [0.717, 1.165) is 56.2 Å². The second-order valence-corrected chi connectivity index (χ2v) is 8.45. The predicted molar refractivity (Wildman–Crippen MR) is 114 cm³/mol. The Kier molecular flexibility index (Phi) is 6.01. The number of nitrogens with one attached hydrogen (secondary N) is 1. The van der Waals surface area contributed by atoms with Gasteiger partial charge in [-0.05, 0) is 57.0 Å². The smallest absolute Gasteiger partial charge is 0.251 e. The highest BCUT2D eigenvalue weighted by Gasteiger charge is 2.38. The molecule has 1 aliphatic carbocycles. The van der Waals surface area contributed by atoms with Crippen molar-refractivity contribution in [2.45, 2.75) is 51.5 Å². The first-order chi connectivity index (χ1) is 14.1. The van der Waals surface area contributed by atoms with E-state index in [1.54, 1.807) is 0 Å². The van der Waals surface area contributed by atoms with Crippen LogP contribution in [0.25, 0.3) is 5.69 Å². The molecule has 4 rings (SSSR count). The molecule has 2 aliphatic rings. The van der Waals surface area contributed by atoms with Crippen molar-refractivity contribution in [1.82, 2.24) is 20.0 Å². The molecule has 0 bridgehead atoms. The van der Waals surface area contributed by atoms with Crippen LogP contribution in [0.4, 0.5) is 0 Å². The number of rotatable bonds is 5.